The van der Waals surface area contributed by atoms with Crippen LogP contribution in [-0.2, 0) is 9.63 Å². The summed E-state index contributed by atoms with van der Waals surface area (Å²) < 4.78 is 0. The number of benzene rings is 1. The molecule has 1 N–H and O–H groups in total. The lowest BCUT2D eigenvalue weighted by Gasteiger charge is -2.06. The minimum atomic E-state index is 0.275. The van der Waals surface area contributed by atoms with Gasteiger partial charge in [0.15, 0.2) is 12.0 Å². The molecule has 0 radical (unpaired) electrons. The normalized spacial score (nSPS) is 10.9. The van der Waals surface area contributed by atoms with Gasteiger partial charge in [-0.15, -0.1) is 0 Å². The number of para-hydroxylation sites is 1. The highest BCUT2D eigenvalue weighted by molar-refractivity contribution is 6.37. The third-order valence-corrected chi connectivity index (χ3v) is 1.77. The molecule has 0 saturated carbocycles. The average Bonchev–Trinajstić information content (AvgIpc) is 2.26. The molecule has 1 aromatic rings. The van der Waals surface area contributed by atoms with Crippen LogP contribution in [0.25, 0.3) is 0 Å². The van der Waals surface area contributed by atoms with Crippen LogP contribution in [0.2, 0.25) is 0 Å². The number of hydrogen-bond acceptors (Lipinski definition) is 4. The van der Waals surface area contributed by atoms with E-state index >= 15 is 0 Å². The Balaban J connectivity index is 3.15. The van der Waals surface area contributed by atoms with Crippen molar-refractivity contribution in [1.29, 1.82) is 0 Å². The third-order valence-electron chi connectivity index (χ3n) is 1.77. The Kier molecular flexibility index (Phi) is 3.67. The van der Waals surface area contributed by atoms with Crippen LogP contribution in [0.4, 0.5) is 5.69 Å². The minimum absolute atomic E-state index is 0.275. The second-order valence-electron chi connectivity index (χ2n) is 2.57. The molecule has 1 aromatic carbocycles. The van der Waals surface area contributed by atoms with Crippen LogP contribution >= 0.6 is 0 Å². The maximum atomic E-state index is 10.7. The molecule has 0 aliphatic carbocycles. The first-order valence-corrected chi connectivity index (χ1v) is 4.17. The van der Waals surface area contributed by atoms with Crippen LogP contribution < -0.4 is 5.32 Å². The summed E-state index contributed by atoms with van der Waals surface area (Å²) in [7, 11) is 3.19. The smallest absolute Gasteiger partial charge is 0.172 e. The first kappa shape index (κ1) is 10.2. The highest BCUT2D eigenvalue weighted by Crippen LogP contribution is 2.14. The van der Waals surface area contributed by atoms with E-state index < -0.39 is 0 Å². The Morgan fingerprint density at radius 2 is 2.21 bits per heavy atom. The molecule has 0 amide bonds. The molecule has 0 atom stereocenters. The molecule has 0 heterocycles. The van der Waals surface area contributed by atoms with Crippen molar-refractivity contribution in [2.75, 3.05) is 19.5 Å². The zero-order valence-electron chi connectivity index (χ0n) is 8.15. The molecule has 0 bridgehead atoms. The van der Waals surface area contributed by atoms with E-state index in [0.29, 0.717) is 6.29 Å². The van der Waals surface area contributed by atoms with Crippen LogP contribution in [0.15, 0.2) is 29.4 Å². The van der Waals surface area contributed by atoms with Crippen LogP contribution in [0.1, 0.15) is 5.56 Å². The van der Waals surface area contributed by atoms with E-state index in [1.807, 2.05) is 18.2 Å². The summed E-state index contributed by atoms with van der Waals surface area (Å²) in [5, 5.41) is 6.60. The molecule has 14 heavy (non-hydrogen) atoms. The summed E-state index contributed by atoms with van der Waals surface area (Å²) in [6, 6.07) is 7.39. The molecule has 0 aliphatic rings. The molecule has 4 heteroatoms. The summed E-state index contributed by atoms with van der Waals surface area (Å²) in [5.41, 5.74) is 1.85. The molecule has 0 aliphatic heterocycles. The lowest BCUT2D eigenvalue weighted by atomic mass is 10.1. The van der Waals surface area contributed by atoms with Gasteiger partial charge in [0.2, 0.25) is 0 Å². The topological polar surface area (TPSA) is 50.7 Å². The van der Waals surface area contributed by atoms with Gasteiger partial charge < -0.3 is 10.2 Å². The average molecular weight is 192 g/mol. The number of carbonyl (C=O) groups excluding carboxylic acids is 1. The van der Waals surface area contributed by atoms with Gasteiger partial charge in [0, 0.05) is 18.3 Å². The van der Waals surface area contributed by atoms with Gasteiger partial charge in [0.25, 0.3) is 0 Å². The molecule has 0 fully saturated rings. The molecule has 1 rings (SSSR count). The summed E-state index contributed by atoms with van der Waals surface area (Å²) in [6.45, 7) is 0. The van der Waals surface area contributed by atoms with Crippen LogP contribution in [-0.4, -0.2) is 26.2 Å². The van der Waals surface area contributed by atoms with Crippen molar-refractivity contribution in [2.24, 2.45) is 5.16 Å². The van der Waals surface area contributed by atoms with E-state index in [1.54, 1.807) is 13.1 Å². The van der Waals surface area contributed by atoms with Crippen molar-refractivity contribution >= 4 is 17.7 Å². The predicted octanol–water partition coefficient (Wildman–Crippen LogP) is 1.28. The van der Waals surface area contributed by atoms with E-state index in [-0.39, 0.29) is 5.71 Å². The Labute approximate surface area is 82.6 Å². The molecule has 74 valence electrons. The van der Waals surface area contributed by atoms with Gasteiger partial charge in [-0.2, -0.15) is 0 Å². The van der Waals surface area contributed by atoms with Crippen LogP contribution in [0.5, 0.6) is 0 Å². The van der Waals surface area contributed by atoms with Gasteiger partial charge in [-0.3, -0.25) is 4.79 Å². The number of rotatable bonds is 4. The molecule has 0 aromatic heterocycles. The first-order valence-electron chi connectivity index (χ1n) is 4.17. The summed E-state index contributed by atoms with van der Waals surface area (Å²) in [6.07, 6.45) is 0.666. The van der Waals surface area contributed by atoms with Gasteiger partial charge in [0.1, 0.15) is 7.11 Å². The van der Waals surface area contributed by atoms with Crippen molar-refractivity contribution in [3.8, 4) is 0 Å². The van der Waals surface area contributed by atoms with Gasteiger partial charge >= 0.3 is 0 Å². The van der Waals surface area contributed by atoms with Gasteiger partial charge in [-0.25, -0.2) is 0 Å². The fraction of sp³-hybridized carbons (Fsp3) is 0.200. The largest absolute Gasteiger partial charge is 0.399 e. The SMILES string of the molecule is CNc1ccccc1/C(C=O)=N/OC. The maximum Gasteiger partial charge on any atom is 0.172 e. The van der Waals surface area contributed by atoms with Crippen LogP contribution in [0, 0.1) is 0 Å². The van der Waals surface area contributed by atoms with E-state index in [4.69, 9.17) is 0 Å². The van der Waals surface area contributed by atoms with Crippen molar-refractivity contribution in [1.82, 2.24) is 0 Å². The summed E-state index contributed by atoms with van der Waals surface area (Å²) in [4.78, 5) is 15.3. The number of carbonyl (C=O) groups is 1. The van der Waals surface area contributed by atoms with Crippen molar-refractivity contribution in [2.45, 2.75) is 0 Å². The zero-order valence-corrected chi connectivity index (χ0v) is 8.15. The number of aldehydes is 1. The molecule has 0 unspecified atom stereocenters. The number of oxime groups is 1. The van der Waals surface area contributed by atoms with Gasteiger partial charge in [-0.1, -0.05) is 23.4 Å². The Morgan fingerprint density at radius 3 is 2.79 bits per heavy atom. The predicted molar refractivity (Wildman–Crippen MR) is 55.6 cm³/mol. The van der Waals surface area contributed by atoms with Gasteiger partial charge in [-0.05, 0) is 6.07 Å². The lowest BCUT2D eigenvalue weighted by molar-refractivity contribution is -0.102. The number of hydrogen-bond donors (Lipinski definition) is 1. The van der Waals surface area contributed by atoms with E-state index in [0.717, 1.165) is 11.3 Å². The number of anilines is 1. The van der Waals surface area contributed by atoms with E-state index in [9.17, 15) is 4.79 Å². The fourth-order valence-corrected chi connectivity index (χ4v) is 1.16. The summed E-state index contributed by atoms with van der Waals surface area (Å²) >= 11 is 0. The van der Waals surface area contributed by atoms with Crippen molar-refractivity contribution < 1.29 is 9.63 Å². The third kappa shape index (κ3) is 2.10. The molecule has 4 nitrogen and oxygen atoms in total. The Bertz CT molecular complexity index is 348. The molecule has 0 spiro atoms. The van der Waals surface area contributed by atoms with E-state index in [1.165, 1.54) is 7.11 Å². The summed E-state index contributed by atoms with van der Waals surface area (Å²) in [5.74, 6) is 0. The highest BCUT2D eigenvalue weighted by atomic mass is 16.6. The Morgan fingerprint density at radius 1 is 1.50 bits per heavy atom. The monoisotopic (exact) mass is 192 g/mol. The standard InChI is InChI=1S/C10H12N2O2/c1-11-9-6-4-3-5-8(9)10(7-13)12-14-2/h3-7,11H,1-2H3/b12-10+. The second-order valence-corrected chi connectivity index (χ2v) is 2.57. The van der Waals surface area contributed by atoms with E-state index in [2.05, 4.69) is 15.3 Å². The lowest BCUT2D eigenvalue weighted by Crippen LogP contribution is -2.06. The fourth-order valence-electron chi connectivity index (χ4n) is 1.16. The highest BCUT2D eigenvalue weighted by Gasteiger charge is 2.07. The molecular weight excluding hydrogens is 180 g/mol. The number of nitrogens with one attached hydrogen (secondary N) is 1. The van der Waals surface area contributed by atoms with Crippen molar-refractivity contribution in [3.63, 3.8) is 0 Å². The van der Waals surface area contributed by atoms with Crippen molar-refractivity contribution in [3.05, 3.63) is 29.8 Å². The Hall–Kier alpha value is -1.84. The molecular formula is C10H12N2O2. The molecule has 0 saturated heterocycles. The van der Waals surface area contributed by atoms with Gasteiger partial charge in [0.05, 0.1) is 0 Å². The first-order chi connectivity index (χ1) is 6.83. The van der Waals surface area contributed by atoms with Crippen LogP contribution in [0.3, 0.4) is 0 Å². The second kappa shape index (κ2) is 5.01. The minimum Gasteiger partial charge on any atom is -0.399 e. The quantitative estimate of drug-likeness (QED) is 0.444. The maximum absolute atomic E-state index is 10.7. The number of nitrogens with zero attached hydrogens (tertiary/aromatic N) is 1. The zero-order chi connectivity index (χ0) is 10.4.